The van der Waals surface area contributed by atoms with E-state index in [2.05, 4.69) is 48.5 Å². The van der Waals surface area contributed by atoms with Gasteiger partial charge < -0.3 is 9.47 Å². The van der Waals surface area contributed by atoms with Gasteiger partial charge in [-0.25, -0.2) is 4.98 Å². The molecule has 0 unspecified atom stereocenters. The minimum atomic E-state index is -0.262. The lowest BCUT2D eigenvalue weighted by Gasteiger charge is -2.08. The van der Waals surface area contributed by atoms with Gasteiger partial charge in [-0.2, -0.15) is 4.98 Å². The fraction of sp³-hybridized carbons (Fsp3) is 0.154. The van der Waals surface area contributed by atoms with E-state index in [0.717, 1.165) is 3.57 Å². The SMILES string of the molecule is COc1cnc(C(=O)c2cc(I)ccc2Br)c(OC)n1. The largest absolute Gasteiger partial charge is 0.480 e. The molecule has 7 heteroatoms. The van der Waals surface area contributed by atoms with E-state index < -0.39 is 0 Å². The number of carbonyl (C=O) groups is 1. The number of methoxy groups -OCH3 is 2. The van der Waals surface area contributed by atoms with E-state index in [1.807, 2.05) is 12.1 Å². The van der Waals surface area contributed by atoms with Gasteiger partial charge in [0, 0.05) is 13.6 Å². The van der Waals surface area contributed by atoms with Gasteiger partial charge in [-0.3, -0.25) is 4.79 Å². The van der Waals surface area contributed by atoms with E-state index in [-0.39, 0.29) is 17.4 Å². The van der Waals surface area contributed by atoms with Crippen molar-refractivity contribution in [3.8, 4) is 11.8 Å². The molecule has 0 aliphatic heterocycles. The van der Waals surface area contributed by atoms with Crippen molar-refractivity contribution in [2.75, 3.05) is 14.2 Å². The van der Waals surface area contributed by atoms with Crippen molar-refractivity contribution in [3.63, 3.8) is 0 Å². The van der Waals surface area contributed by atoms with Gasteiger partial charge in [-0.1, -0.05) is 15.9 Å². The summed E-state index contributed by atoms with van der Waals surface area (Å²) in [5, 5.41) is 0. The molecule has 1 aromatic carbocycles. The summed E-state index contributed by atoms with van der Waals surface area (Å²) in [6.07, 6.45) is 1.39. The first-order valence-electron chi connectivity index (χ1n) is 5.51. The van der Waals surface area contributed by atoms with Crippen molar-refractivity contribution >= 4 is 44.3 Å². The molecule has 104 valence electrons. The van der Waals surface area contributed by atoms with Gasteiger partial charge in [0.1, 0.15) is 0 Å². The molecule has 0 aliphatic rings. The topological polar surface area (TPSA) is 61.3 Å². The minimum Gasteiger partial charge on any atom is -0.480 e. The first kappa shape index (κ1) is 15.2. The van der Waals surface area contributed by atoms with E-state index in [1.54, 1.807) is 6.07 Å². The number of halogens is 2. The van der Waals surface area contributed by atoms with Gasteiger partial charge in [-0.15, -0.1) is 0 Å². The molecule has 0 aliphatic carbocycles. The number of ketones is 1. The van der Waals surface area contributed by atoms with Crippen molar-refractivity contribution in [1.29, 1.82) is 0 Å². The molecule has 0 spiro atoms. The zero-order chi connectivity index (χ0) is 14.7. The zero-order valence-electron chi connectivity index (χ0n) is 10.7. The molecule has 0 fully saturated rings. The number of carbonyl (C=O) groups excluding carboxylic acids is 1. The molecule has 0 amide bonds. The third kappa shape index (κ3) is 3.09. The van der Waals surface area contributed by atoms with Crippen LogP contribution in [0.15, 0.2) is 28.9 Å². The van der Waals surface area contributed by atoms with Crippen LogP contribution >= 0.6 is 38.5 Å². The minimum absolute atomic E-state index is 0.139. The van der Waals surface area contributed by atoms with Crippen LogP contribution in [0.5, 0.6) is 11.8 Å². The predicted molar refractivity (Wildman–Crippen MR) is 85.4 cm³/mol. The fourth-order valence-electron chi connectivity index (χ4n) is 1.55. The Kier molecular flexibility index (Phi) is 4.92. The summed E-state index contributed by atoms with van der Waals surface area (Å²) in [7, 11) is 2.91. The van der Waals surface area contributed by atoms with Crippen LogP contribution in [0.1, 0.15) is 16.1 Å². The molecule has 0 radical (unpaired) electrons. The molecule has 0 atom stereocenters. The number of rotatable bonds is 4. The Labute approximate surface area is 138 Å². The Morgan fingerprint density at radius 2 is 2.05 bits per heavy atom. The maximum Gasteiger partial charge on any atom is 0.247 e. The van der Waals surface area contributed by atoms with Gasteiger partial charge in [0.15, 0.2) is 5.69 Å². The first-order valence-corrected chi connectivity index (χ1v) is 7.38. The number of nitrogens with zero attached hydrogens (tertiary/aromatic N) is 2. The summed E-state index contributed by atoms with van der Waals surface area (Å²) in [6.45, 7) is 0. The lowest BCUT2D eigenvalue weighted by Crippen LogP contribution is -2.09. The summed E-state index contributed by atoms with van der Waals surface area (Å²) in [5.74, 6) is 0.169. The Morgan fingerprint density at radius 3 is 2.70 bits per heavy atom. The fourth-order valence-corrected chi connectivity index (χ4v) is 2.47. The van der Waals surface area contributed by atoms with Crippen LogP contribution in [0.3, 0.4) is 0 Å². The maximum atomic E-state index is 12.5. The second kappa shape index (κ2) is 6.49. The molecule has 2 rings (SSSR count). The molecule has 0 saturated heterocycles. The lowest BCUT2D eigenvalue weighted by atomic mass is 10.1. The van der Waals surface area contributed by atoms with Crippen molar-refractivity contribution < 1.29 is 14.3 Å². The molecule has 2 aromatic rings. The number of ether oxygens (including phenoxy) is 2. The highest BCUT2D eigenvalue weighted by Crippen LogP contribution is 2.25. The molecule has 1 heterocycles. The van der Waals surface area contributed by atoms with Gasteiger partial charge in [0.2, 0.25) is 17.5 Å². The Morgan fingerprint density at radius 1 is 1.30 bits per heavy atom. The van der Waals surface area contributed by atoms with E-state index in [9.17, 15) is 4.79 Å². The lowest BCUT2D eigenvalue weighted by molar-refractivity contribution is 0.102. The van der Waals surface area contributed by atoms with Crippen LogP contribution in [0.2, 0.25) is 0 Å². The molecule has 0 saturated carbocycles. The molecular formula is C13H10BrIN2O3. The number of hydrogen-bond acceptors (Lipinski definition) is 5. The quantitative estimate of drug-likeness (QED) is 0.531. The summed E-state index contributed by atoms with van der Waals surface area (Å²) in [5.41, 5.74) is 0.658. The first-order chi connectivity index (χ1) is 9.56. The van der Waals surface area contributed by atoms with Crippen molar-refractivity contribution in [3.05, 3.63) is 43.7 Å². The van der Waals surface area contributed by atoms with Gasteiger partial charge >= 0.3 is 0 Å². The third-order valence-electron chi connectivity index (χ3n) is 2.51. The Hall–Kier alpha value is -1.22. The van der Waals surface area contributed by atoms with Gasteiger partial charge in [0.05, 0.1) is 20.4 Å². The highest BCUT2D eigenvalue weighted by atomic mass is 127. The summed E-state index contributed by atoms with van der Waals surface area (Å²) in [4.78, 5) is 20.7. The van der Waals surface area contributed by atoms with Crippen LogP contribution < -0.4 is 9.47 Å². The second-order valence-corrected chi connectivity index (χ2v) is 5.82. The highest BCUT2D eigenvalue weighted by molar-refractivity contribution is 14.1. The van der Waals surface area contributed by atoms with Crippen LogP contribution in [0.4, 0.5) is 0 Å². The zero-order valence-corrected chi connectivity index (χ0v) is 14.4. The maximum absolute atomic E-state index is 12.5. The van der Waals surface area contributed by atoms with E-state index in [1.165, 1.54) is 20.4 Å². The van der Waals surface area contributed by atoms with E-state index >= 15 is 0 Å². The number of aromatic nitrogens is 2. The molecular weight excluding hydrogens is 439 g/mol. The molecule has 1 aromatic heterocycles. The highest BCUT2D eigenvalue weighted by Gasteiger charge is 2.20. The smallest absolute Gasteiger partial charge is 0.247 e. The summed E-state index contributed by atoms with van der Waals surface area (Å²) < 4.78 is 11.7. The number of hydrogen-bond donors (Lipinski definition) is 0. The van der Waals surface area contributed by atoms with E-state index in [4.69, 9.17) is 9.47 Å². The monoisotopic (exact) mass is 448 g/mol. The molecule has 0 N–H and O–H groups in total. The van der Waals surface area contributed by atoms with Gasteiger partial charge in [-0.05, 0) is 40.8 Å². The molecule has 5 nitrogen and oxygen atoms in total. The van der Waals surface area contributed by atoms with Crippen molar-refractivity contribution in [2.45, 2.75) is 0 Å². The average molecular weight is 449 g/mol. The summed E-state index contributed by atoms with van der Waals surface area (Å²) >= 11 is 5.51. The third-order valence-corrected chi connectivity index (χ3v) is 3.87. The Balaban J connectivity index is 2.50. The number of benzene rings is 1. The van der Waals surface area contributed by atoms with Gasteiger partial charge in [0.25, 0.3) is 0 Å². The second-order valence-electron chi connectivity index (χ2n) is 3.72. The van der Waals surface area contributed by atoms with Crippen LogP contribution in [0.25, 0.3) is 0 Å². The van der Waals surface area contributed by atoms with Crippen LogP contribution in [0, 0.1) is 3.57 Å². The van der Waals surface area contributed by atoms with Crippen LogP contribution in [-0.4, -0.2) is 30.0 Å². The normalized spacial score (nSPS) is 10.2. The van der Waals surface area contributed by atoms with E-state index in [0.29, 0.717) is 15.9 Å². The van der Waals surface area contributed by atoms with Crippen LogP contribution in [-0.2, 0) is 0 Å². The summed E-state index contributed by atoms with van der Waals surface area (Å²) in [6, 6.07) is 5.50. The predicted octanol–water partition coefficient (Wildman–Crippen LogP) is 3.09. The molecule has 20 heavy (non-hydrogen) atoms. The van der Waals surface area contributed by atoms with Crippen molar-refractivity contribution in [1.82, 2.24) is 9.97 Å². The molecule has 0 bridgehead atoms. The Bertz CT molecular complexity index is 664. The van der Waals surface area contributed by atoms with Crippen molar-refractivity contribution in [2.24, 2.45) is 0 Å². The average Bonchev–Trinajstić information content (AvgIpc) is 2.48. The standard InChI is InChI=1S/C13H10BrIN2O3/c1-19-10-6-16-11(13(17-10)20-2)12(18)8-5-7(15)3-4-9(8)14/h3-6H,1-2H3.